The van der Waals surface area contributed by atoms with Gasteiger partial charge >= 0.3 is 0 Å². The zero-order valence-electron chi connectivity index (χ0n) is 81.8. The van der Waals surface area contributed by atoms with Gasteiger partial charge in [-0.1, -0.05) is 79.7 Å². The lowest BCUT2D eigenvalue weighted by Gasteiger charge is -2.37. The Kier molecular flexibility index (Phi) is 23.7. The number of aliphatic hydroxyl groups excluding tert-OH is 1. The summed E-state index contributed by atoms with van der Waals surface area (Å²) in [5.74, 6) is -2.87. The van der Waals surface area contributed by atoms with E-state index in [1.165, 1.54) is 90.2 Å². The van der Waals surface area contributed by atoms with E-state index in [1.807, 2.05) is 59.8 Å². The molecule has 12 heterocycles. The lowest BCUT2D eigenvalue weighted by molar-refractivity contribution is -0.118. The maximum atomic E-state index is 14.5. The van der Waals surface area contributed by atoms with Crippen LogP contribution in [-0.4, -0.2) is 157 Å². The Morgan fingerprint density at radius 2 is 0.816 bits per heavy atom. The van der Waals surface area contributed by atoms with Gasteiger partial charge in [-0.05, 0) is 248 Å². The number of nitrogens with one attached hydrogen (secondary N) is 1. The van der Waals surface area contributed by atoms with E-state index < -0.39 is 90.2 Å². The highest BCUT2D eigenvalue weighted by atomic mass is 32.2. The monoisotopic (exact) mass is 2010 g/mol. The molecule has 750 valence electrons. The molecule has 0 radical (unpaired) electrons. The highest BCUT2D eigenvalue weighted by Crippen LogP contribution is 2.74. The summed E-state index contributed by atoms with van der Waals surface area (Å²) in [5, 5.41) is 62.9. The molecular formula is C107H101F8N27O4S. The minimum atomic E-state index is -3.39. The number of benzene rings is 4. The van der Waals surface area contributed by atoms with Gasteiger partial charge in [0, 0.05) is 56.3 Å². The maximum absolute atomic E-state index is 14.5. The highest BCUT2D eigenvalue weighted by Gasteiger charge is 2.69. The Hall–Kier alpha value is -14.9. The Labute approximate surface area is 839 Å². The lowest BCUT2D eigenvalue weighted by Crippen LogP contribution is -2.38. The van der Waals surface area contributed by atoms with Crippen molar-refractivity contribution >= 4 is 15.9 Å². The van der Waals surface area contributed by atoms with Crippen molar-refractivity contribution in [1.82, 2.24) is 129 Å². The normalized spacial score (nSPS) is 22.3. The Balaban J connectivity index is 0.000000111. The molecule has 25 rings (SSSR count). The number of nitrogens with zero attached hydrogens (tertiary/aromatic N) is 25. The lowest BCUT2D eigenvalue weighted by atomic mass is 9.66. The number of amides is 1. The molecule has 4 N–H and O–H groups in total. The molecule has 16 aromatic rings. The molecule has 1 amide bonds. The molecule has 9 aliphatic rings. The van der Waals surface area contributed by atoms with Gasteiger partial charge in [-0.2, -0.15) is 40.4 Å². The molecule has 0 spiro atoms. The standard InChI is InChI=1S/C28H26F2N6.C27H25F2N7O.C27H26F2N6O.C25H24F2N8O2S/c1-27(2)19-9-11-28(27,25-18(19)13-22(34-35-25)24-20(29)7-4-8-21(24)30)23-10-12-31-26(33-23)16-14-32-36(15-16)17-5-3-6-17;1-26(2)16-6-10-27(26,24-15(16)14-20(33-34-24)23-17(28)4-3-5-18(23)29)21-7-11-31-25(32-21)19-8-12-36(35-19)13-9-22(30)37;1-15(36)13-35-14-16(12-31-35)25-30-10-8-22(32-25)27-9-7-18(26(27,2)3)17-11-21(33-34-24(17)27)23-19(28)5-4-6-20(23)29;1-24(2)15-7-9-25(24,22-14(15)11-18(32-33-22)21-16(26)5-4-6-17(21)27)19-8-10-28-23(31-19)35-13-29-20(34-35)12-30-38(3,36)37/h4,7-8,10,12-15,17,19H,3,5-6,9,11H2,1-2H3;3-5,7-8,11-12,14,16H,6,9-10,13H2,1-2H3,(H2,30,37);4-6,8,10-12,14-15,18,36H,7,9,13H2,1-3H3;4-6,8,10-11,13,15,30H,7,9,12H2,1-3H3/t19-,28-;16-,27-;15-,18+,27+;15-,25-/m0010/s1. The van der Waals surface area contributed by atoms with Gasteiger partial charge < -0.3 is 10.8 Å². The molecular weight excluding hydrogens is 1910 g/mol. The predicted octanol–water partition coefficient (Wildman–Crippen LogP) is 17.9. The van der Waals surface area contributed by atoms with Crippen molar-refractivity contribution in [2.24, 2.45) is 27.4 Å². The summed E-state index contributed by atoms with van der Waals surface area (Å²) in [4.78, 5) is 52.9. The van der Waals surface area contributed by atoms with Gasteiger partial charge in [0.1, 0.15) is 58.6 Å². The summed E-state index contributed by atoms with van der Waals surface area (Å²) in [6.07, 6.45) is 28.7. The van der Waals surface area contributed by atoms with Gasteiger partial charge in [0.05, 0.1) is 167 Å². The topological polar surface area (TPSA) is 400 Å². The van der Waals surface area contributed by atoms with Crippen molar-refractivity contribution in [3.63, 3.8) is 0 Å². The minimum Gasteiger partial charge on any atom is -0.391 e. The number of halogens is 8. The van der Waals surface area contributed by atoms with Crippen LogP contribution in [0.1, 0.15) is 243 Å². The number of fused-ring (bicyclic) bond motifs is 20. The molecule has 12 aromatic heterocycles. The van der Waals surface area contributed by atoms with Crippen molar-refractivity contribution in [2.75, 3.05) is 6.26 Å². The first-order chi connectivity index (χ1) is 70.3. The molecule has 5 fully saturated rings. The second-order valence-corrected chi connectivity index (χ2v) is 43.7. The zero-order valence-corrected chi connectivity index (χ0v) is 82.6. The minimum absolute atomic E-state index is 0.0575. The fraction of sp³-hybridized carbons (Fsp3) is 0.364. The van der Waals surface area contributed by atoms with E-state index in [-0.39, 0.29) is 115 Å². The van der Waals surface area contributed by atoms with Crippen molar-refractivity contribution in [2.45, 2.75) is 216 Å². The summed E-state index contributed by atoms with van der Waals surface area (Å²) < 4.78 is 148. The number of aliphatic hydroxyl groups is 1. The number of nitrogens with two attached hydrogens (primary N) is 1. The van der Waals surface area contributed by atoms with Gasteiger partial charge in [-0.25, -0.2) is 93.1 Å². The van der Waals surface area contributed by atoms with Crippen molar-refractivity contribution in [3.05, 3.63) is 310 Å². The number of primary amides is 1. The van der Waals surface area contributed by atoms with Crippen LogP contribution in [0.15, 0.2) is 189 Å². The zero-order chi connectivity index (χ0) is 103. The predicted molar refractivity (Wildman–Crippen MR) is 522 cm³/mol. The summed E-state index contributed by atoms with van der Waals surface area (Å²) in [6.45, 7) is 20.0. The number of hydrogen-bond donors (Lipinski definition) is 3. The second-order valence-electron chi connectivity index (χ2n) is 41.9. The van der Waals surface area contributed by atoms with Crippen LogP contribution < -0.4 is 10.5 Å². The molecule has 40 heteroatoms. The highest BCUT2D eigenvalue weighted by molar-refractivity contribution is 7.88. The van der Waals surface area contributed by atoms with Crippen LogP contribution in [0, 0.1) is 68.2 Å². The number of aromatic nitrogens is 25. The molecule has 0 saturated heterocycles. The van der Waals surface area contributed by atoms with Crippen LogP contribution in [0.5, 0.6) is 0 Å². The fourth-order valence-electron chi connectivity index (χ4n) is 25.6. The summed E-state index contributed by atoms with van der Waals surface area (Å²) >= 11 is 0. The van der Waals surface area contributed by atoms with Crippen molar-refractivity contribution in [1.29, 1.82) is 0 Å². The second kappa shape index (κ2) is 36.0. The molecule has 8 bridgehead atoms. The van der Waals surface area contributed by atoms with E-state index in [4.69, 9.17) is 25.7 Å². The first-order valence-electron chi connectivity index (χ1n) is 48.9. The first kappa shape index (κ1) is 96.8. The molecule has 31 nitrogen and oxygen atoms in total. The molecule has 5 saturated carbocycles. The quantitative estimate of drug-likeness (QED) is 0.0562. The number of sulfonamides is 1. The third-order valence-corrected chi connectivity index (χ3v) is 33.8. The van der Waals surface area contributed by atoms with E-state index in [0.717, 1.165) is 149 Å². The van der Waals surface area contributed by atoms with Crippen LogP contribution in [0.3, 0.4) is 0 Å². The molecule has 0 aliphatic heterocycles. The number of carbonyl (C=O) groups is 1. The van der Waals surface area contributed by atoms with E-state index in [9.17, 15) is 53.4 Å². The van der Waals surface area contributed by atoms with Gasteiger partial charge in [-0.15, -0.1) is 25.5 Å². The SMILES string of the molecule is CC1(C)[C@H]2CC[C@]1(c1ccnc(-c3ccn(CCC(N)=O)n3)n1)c1nnc(-c3c(F)cccc3F)cc12.CC1(C)[C@H]2CC[C@]1(c1ccnc(-c3cnn(C4CCC4)c3)n1)c1nnc(-c3c(F)cccc3F)cc12.CC1(C)[C@H]2CC[C@]1(c1ccnc(-n3cnc(CNS(C)(=O)=O)n3)n1)c1nnc(-c3c(F)cccc3F)cc12.C[C@@H](O)Cn1cc(-c2nccc([C@@]34CC[C@@H](c5cc(-c6c(F)cccc6F)nnc53)C4(C)C)n2)cn1. The maximum Gasteiger partial charge on any atom is 0.252 e. The van der Waals surface area contributed by atoms with Crippen LogP contribution in [0.4, 0.5) is 35.1 Å². The van der Waals surface area contributed by atoms with Crippen LogP contribution in [-0.2, 0) is 56.1 Å². The third-order valence-electron chi connectivity index (χ3n) is 33.1. The van der Waals surface area contributed by atoms with Gasteiger partial charge in [-0.3, -0.25) is 18.8 Å². The fourth-order valence-corrected chi connectivity index (χ4v) is 26.0. The Morgan fingerprint density at radius 3 is 1.19 bits per heavy atom. The Morgan fingerprint density at radius 1 is 0.449 bits per heavy atom. The number of aryl methyl sites for hydroxylation is 1. The molecule has 9 aliphatic carbocycles. The number of carbonyl (C=O) groups excluding carboxylic acids is 1. The average molecular weight is 2010 g/mol. The number of rotatable bonds is 21. The van der Waals surface area contributed by atoms with Gasteiger partial charge in [0.2, 0.25) is 15.9 Å². The summed E-state index contributed by atoms with van der Waals surface area (Å²) in [7, 11) is -3.39. The van der Waals surface area contributed by atoms with Crippen LogP contribution in [0.25, 0.3) is 85.3 Å². The molecule has 0 unspecified atom stereocenters. The van der Waals surface area contributed by atoms with E-state index in [2.05, 4.69) is 146 Å². The van der Waals surface area contributed by atoms with Crippen LogP contribution >= 0.6 is 0 Å². The van der Waals surface area contributed by atoms with Gasteiger partial charge in [0.25, 0.3) is 5.95 Å². The first-order valence-corrected chi connectivity index (χ1v) is 50.8. The van der Waals surface area contributed by atoms with Crippen molar-refractivity contribution in [3.8, 4) is 85.3 Å². The Bertz CT molecular complexity index is 8010. The van der Waals surface area contributed by atoms with E-state index >= 15 is 0 Å². The number of hydrogen-bond acceptors (Lipinski definition) is 25. The largest absolute Gasteiger partial charge is 0.391 e. The average Bonchev–Trinajstić information content (AvgIpc) is 1.53. The van der Waals surface area contributed by atoms with Gasteiger partial charge in [0.15, 0.2) is 23.3 Å². The van der Waals surface area contributed by atoms with E-state index in [1.54, 1.807) is 71.5 Å². The smallest absolute Gasteiger partial charge is 0.252 e. The molecule has 4 aromatic carbocycles. The third kappa shape index (κ3) is 15.6. The van der Waals surface area contributed by atoms with Crippen molar-refractivity contribution < 1.29 is 53.4 Å². The molecule has 9 atom stereocenters. The summed E-state index contributed by atoms with van der Waals surface area (Å²) in [5.41, 5.74) is 15.0. The summed E-state index contributed by atoms with van der Waals surface area (Å²) in [6, 6.07) is 32.3. The molecule has 147 heavy (non-hydrogen) atoms. The van der Waals surface area contributed by atoms with Crippen LogP contribution in [0.2, 0.25) is 0 Å². The van der Waals surface area contributed by atoms with E-state index in [0.29, 0.717) is 42.3 Å².